The number of carbonyl (C=O) groups excluding carboxylic acids is 1. The third kappa shape index (κ3) is 2.77. The van der Waals surface area contributed by atoms with Gasteiger partial charge in [-0.25, -0.2) is 0 Å². The van der Waals surface area contributed by atoms with Gasteiger partial charge in [0.1, 0.15) is 0 Å². The Morgan fingerprint density at radius 3 is 2.81 bits per heavy atom. The van der Waals surface area contributed by atoms with Gasteiger partial charge in [-0.05, 0) is 36.8 Å². The zero-order chi connectivity index (χ0) is 15.0. The molecule has 0 saturated heterocycles. The van der Waals surface area contributed by atoms with Gasteiger partial charge in [-0.1, -0.05) is 29.3 Å². The molecule has 1 heterocycles. The Kier molecular flexibility index (Phi) is 3.66. The van der Waals surface area contributed by atoms with Crippen molar-refractivity contribution in [2.24, 2.45) is 0 Å². The molecule has 1 aliphatic heterocycles. The molecule has 3 rings (SSSR count). The van der Waals surface area contributed by atoms with Gasteiger partial charge in [-0.2, -0.15) is 0 Å². The van der Waals surface area contributed by atoms with Crippen LogP contribution in [0.25, 0.3) is 0 Å². The molecule has 4 nitrogen and oxygen atoms in total. The predicted octanol–water partition coefficient (Wildman–Crippen LogP) is 4.28. The number of halogens is 2. The van der Waals surface area contributed by atoms with Crippen LogP contribution in [0, 0.1) is 6.92 Å². The zero-order valence-electron chi connectivity index (χ0n) is 11.1. The topological polar surface area (TPSA) is 47.6 Å². The average Bonchev–Trinajstić information content (AvgIpc) is 2.91. The maximum absolute atomic E-state index is 12.3. The normalized spacial score (nSPS) is 12.3. The van der Waals surface area contributed by atoms with Gasteiger partial charge in [0.2, 0.25) is 6.79 Å². The summed E-state index contributed by atoms with van der Waals surface area (Å²) in [4.78, 5) is 12.3. The molecule has 0 saturated carbocycles. The maximum atomic E-state index is 12.3. The van der Waals surface area contributed by atoms with E-state index in [0.29, 0.717) is 32.8 Å². The minimum atomic E-state index is -0.291. The monoisotopic (exact) mass is 323 g/mol. The van der Waals surface area contributed by atoms with Gasteiger partial charge in [0.25, 0.3) is 5.91 Å². The number of ether oxygens (including phenoxy) is 2. The molecule has 0 spiro atoms. The Morgan fingerprint density at radius 1 is 1.19 bits per heavy atom. The molecule has 2 aromatic carbocycles. The van der Waals surface area contributed by atoms with E-state index >= 15 is 0 Å². The van der Waals surface area contributed by atoms with Crippen molar-refractivity contribution in [3.63, 3.8) is 0 Å². The van der Waals surface area contributed by atoms with E-state index in [1.54, 1.807) is 24.3 Å². The largest absolute Gasteiger partial charge is 0.454 e. The molecule has 1 N–H and O–H groups in total. The smallest absolute Gasteiger partial charge is 0.255 e. The van der Waals surface area contributed by atoms with Gasteiger partial charge in [0.15, 0.2) is 11.5 Å². The summed E-state index contributed by atoms with van der Waals surface area (Å²) in [6.45, 7) is 1.99. The lowest BCUT2D eigenvalue weighted by Crippen LogP contribution is -2.12. The van der Waals surface area contributed by atoms with E-state index in [-0.39, 0.29) is 12.7 Å². The fourth-order valence-corrected chi connectivity index (χ4v) is 2.46. The second-order valence-electron chi connectivity index (χ2n) is 4.61. The van der Waals surface area contributed by atoms with Crippen molar-refractivity contribution >= 4 is 34.8 Å². The summed E-state index contributed by atoms with van der Waals surface area (Å²) in [5.41, 5.74) is 1.96. The Bertz CT molecular complexity index is 731. The SMILES string of the molecule is Cc1ccc(Cl)cc1NC(=O)c1cc(Cl)c2c(c1)OCO2. The highest BCUT2D eigenvalue weighted by Gasteiger charge is 2.21. The third-order valence-electron chi connectivity index (χ3n) is 3.14. The highest BCUT2D eigenvalue weighted by atomic mass is 35.5. The number of nitrogens with one attached hydrogen (secondary N) is 1. The molecule has 108 valence electrons. The van der Waals surface area contributed by atoms with Crippen LogP contribution in [-0.2, 0) is 0 Å². The second kappa shape index (κ2) is 5.47. The van der Waals surface area contributed by atoms with E-state index in [1.165, 1.54) is 0 Å². The molecule has 0 aromatic heterocycles. The Balaban J connectivity index is 1.89. The molecule has 6 heteroatoms. The molecule has 1 aliphatic rings. The maximum Gasteiger partial charge on any atom is 0.255 e. The first-order chi connectivity index (χ1) is 10.0. The Morgan fingerprint density at radius 2 is 2.00 bits per heavy atom. The number of amides is 1. The van der Waals surface area contributed by atoms with Crippen LogP contribution in [0.4, 0.5) is 5.69 Å². The van der Waals surface area contributed by atoms with E-state index in [1.807, 2.05) is 13.0 Å². The molecular weight excluding hydrogens is 313 g/mol. The zero-order valence-corrected chi connectivity index (χ0v) is 12.6. The van der Waals surface area contributed by atoms with Crippen molar-refractivity contribution in [3.05, 3.63) is 51.5 Å². The molecule has 21 heavy (non-hydrogen) atoms. The molecule has 1 amide bonds. The van der Waals surface area contributed by atoms with Crippen molar-refractivity contribution in [2.75, 3.05) is 12.1 Å². The summed E-state index contributed by atoms with van der Waals surface area (Å²) in [6, 6.07) is 8.45. The first kappa shape index (κ1) is 14.0. The van der Waals surface area contributed by atoms with Gasteiger partial charge in [0, 0.05) is 16.3 Å². The van der Waals surface area contributed by atoms with Crippen molar-refractivity contribution in [2.45, 2.75) is 6.92 Å². The highest BCUT2D eigenvalue weighted by Crippen LogP contribution is 2.40. The quantitative estimate of drug-likeness (QED) is 0.897. The lowest BCUT2D eigenvalue weighted by atomic mass is 10.1. The van der Waals surface area contributed by atoms with Gasteiger partial charge in [0.05, 0.1) is 5.02 Å². The minimum Gasteiger partial charge on any atom is -0.454 e. The van der Waals surface area contributed by atoms with E-state index in [9.17, 15) is 4.79 Å². The van der Waals surface area contributed by atoms with Crippen molar-refractivity contribution < 1.29 is 14.3 Å². The number of anilines is 1. The summed E-state index contributed by atoms with van der Waals surface area (Å²) in [6.07, 6.45) is 0. The van der Waals surface area contributed by atoms with E-state index in [0.717, 1.165) is 5.56 Å². The first-order valence-electron chi connectivity index (χ1n) is 6.21. The van der Waals surface area contributed by atoms with Crippen LogP contribution in [0.3, 0.4) is 0 Å². The molecule has 0 radical (unpaired) electrons. The summed E-state index contributed by atoms with van der Waals surface area (Å²) < 4.78 is 10.5. The third-order valence-corrected chi connectivity index (χ3v) is 3.65. The molecule has 0 aliphatic carbocycles. The van der Waals surface area contributed by atoms with Crippen molar-refractivity contribution in [1.29, 1.82) is 0 Å². The Hall–Kier alpha value is -1.91. The number of benzene rings is 2. The number of aryl methyl sites for hydroxylation is 1. The molecule has 2 aromatic rings. The number of hydrogen-bond acceptors (Lipinski definition) is 3. The second-order valence-corrected chi connectivity index (χ2v) is 5.45. The van der Waals surface area contributed by atoms with Crippen LogP contribution in [0.5, 0.6) is 11.5 Å². The Labute approximate surface area is 131 Å². The van der Waals surface area contributed by atoms with Crippen molar-refractivity contribution in [1.82, 2.24) is 0 Å². The fourth-order valence-electron chi connectivity index (χ4n) is 2.02. The van der Waals surface area contributed by atoms with Gasteiger partial charge >= 0.3 is 0 Å². The summed E-state index contributed by atoms with van der Waals surface area (Å²) in [5.74, 6) is 0.642. The molecule has 0 atom stereocenters. The summed E-state index contributed by atoms with van der Waals surface area (Å²) in [7, 11) is 0. The van der Waals surface area contributed by atoms with Gasteiger partial charge < -0.3 is 14.8 Å². The number of hydrogen-bond donors (Lipinski definition) is 1. The first-order valence-corrected chi connectivity index (χ1v) is 6.97. The van der Waals surface area contributed by atoms with Gasteiger partial charge in [-0.3, -0.25) is 4.79 Å². The van der Waals surface area contributed by atoms with E-state index in [4.69, 9.17) is 32.7 Å². The average molecular weight is 324 g/mol. The number of carbonyl (C=O) groups is 1. The molecular formula is C15H11Cl2NO3. The van der Waals surface area contributed by atoms with Crippen LogP contribution in [-0.4, -0.2) is 12.7 Å². The lowest BCUT2D eigenvalue weighted by molar-refractivity contribution is 0.102. The summed E-state index contributed by atoms with van der Waals surface area (Å²) in [5, 5.41) is 3.71. The predicted molar refractivity (Wildman–Crippen MR) is 81.7 cm³/mol. The van der Waals surface area contributed by atoms with Crippen LogP contribution >= 0.6 is 23.2 Å². The van der Waals surface area contributed by atoms with Gasteiger partial charge in [-0.15, -0.1) is 0 Å². The number of rotatable bonds is 2. The minimum absolute atomic E-state index is 0.105. The fraction of sp³-hybridized carbons (Fsp3) is 0.133. The molecule has 0 unspecified atom stereocenters. The summed E-state index contributed by atoms with van der Waals surface area (Å²) >= 11 is 12.0. The van der Waals surface area contributed by atoms with Crippen LogP contribution < -0.4 is 14.8 Å². The number of fused-ring (bicyclic) bond motifs is 1. The van der Waals surface area contributed by atoms with Crippen molar-refractivity contribution in [3.8, 4) is 11.5 Å². The van der Waals surface area contributed by atoms with E-state index in [2.05, 4.69) is 5.32 Å². The van der Waals surface area contributed by atoms with Crippen LogP contribution in [0.1, 0.15) is 15.9 Å². The van der Waals surface area contributed by atoms with Crippen LogP contribution in [0.2, 0.25) is 10.0 Å². The van der Waals surface area contributed by atoms with E-state index < -0.39 is 0 Å². The van der Waals surface area contributed by atoms with Crippen LogP contribution in [0.15, 0.2) is 30.3 Å². The lowest BCUT2D eigenvalue weighted by Gasteiger charge is -2.10. The molecule has 0 fully saturated rings. The standard InChI is InChI=1S/C15H11Cl2NO3/c1-8-2-3-10(16)6-12(8)18-15(19)9-4-11(17)14-13(5-9)20-7-21-14/h2-6H,7H2,1H3,(H,18,19). The highest BCUT2D eigenvalue weighted by molar-refractivity contribution is 6.33. The molecule has 0 bridgehead atoms.